The van der Waals surface area contributed by atoms with Gasteiger partial charge in [-0.05, 0) is 17.7 Å². The Balaban J connectivity index is 2.77. The zero-order valence-electron chi connectivity index (χ0n) is 6.75. The number of aliphatic hydroxyl groups is 1. The van der Waals surface area contributed by atoms with Gasteiger partial charge >= 0.3 is 0 Å². The second kappa shape index (κ2) is 5.49. The van der Waals surface area contributed by atoms with Crippen molar-refractivity contribution in [2.45, 2.75) is 9.65 Å². The number of rotatable bonds is 3. The van der Waals surface area contributed by atoms with E-state index in [1.165, 1.54) is 0 Å². The summed E-state index contributed by atoms with van der Waals surface area (Å²) < 4.78 is 1.06. The molecule has 1 aromatic rings. The SMILES string of the molecule is OC[C@@H](Br)[C@@H](Br)c1ccc(Br)cc1. The van der Waals surface area contributed by atoms with Gasteiger partial charge in [-0.2, -0.15) is 0 Å². The predicted octanol–water partition coefficient (Wildman–Crippen LogP) is 3.64. The van der Waals surface area contributed by atoms with Gasteiger partial charge in [0, 0.05) is 4.47 Å². The summed E-state index contributed by atoms with van der Waals surface area (Å²) in [5.74, 6) is 0. The Hall–Kier alpha value is 0.620. The molecule has 1 aromatic carbocycles. The van der Waals surface area contributed by atoms with E-state index in [1.807, 2.05) is 24.3 Å². The predicted molar refractivity (Wildman–Crippen MR) is 65.6 cm³/mol. The summed E-state index contributed by atoms with van der Waals surface area (Å²) in [5.41, 5.74) is 1.15. The molecule has 0 fully saturated rings. The third-order valence-electron chi connectivity index (χ3n) is 1.68. The Morgan fingerprint density at radius 3 is 2.15 bits per heavy atom. The van der Waals surface area contributed by atoms with Gasteiger partial charge in [0.05, 0.1) is 16.3 Å². The summed E-state index contributed by atoms with van der Waals surface area (Å²) in [6, 6.07) is 8.02. The van der Waals surface area contributed by atoms with Crippen LogP contribution in [0.4, 0.5) is 0 Å². The molecule has 0 heterocycles. The van der Waals surface area contributed by atoms with E-state index in [4.69, 9.17) is 5.11 Å². The smallest absolute Gasteiger partial charge is 0.0570 e. The number of benzene rings is 1. The highest BCUT2D eigenvalue weighted by atomic mass is 79.9. The Bertz CT molecular complexity index is 260. The maximum Gasteiger partial charge on any atom is 0.0570 e. The molecule has 0 radical (unpaired) electrons. The fourth-order valence-electron chi connectivity index (χ4n) is 0.948. The molecule has 0 aliphatic heterocycles. The maximum atomic E-state index is 8.93. The van der Waals surface area contributed by atoms with Crippen LogP contribution in [0.2, 0.25) is 0 Å². The van der Waals surface area contributed by atoms with E-state index in [0.29, 0.717) is 0 Å². The molecule has 0 amide bonds. The topological polar surface area (TPSA) is 20.2 Å². The first-order valence-corrected chi connectivity index (χ1v) is 6.42. The number of aliphatic hydroxyl groups excluding tert-OH is 1. The molecule has 72 valence electrons. The van der Waals surface area contributed by atoms with Crippen molar-refractivity contribution in [3.05, 3.63) is 34.3 Å². The number of alkyl halides is 2. The van der Waals surface area contributed by atoms with E-state index < -0.39 is 0 Å². The molecule has 4 heteroatoms. The summed E-state index contributed by atoms with van der Waals surface area (Å²) >= 11 is 10.3. The van der Waals surface area contributed by atoms with Crippen LogP contribution in [-0.4, -0.2) is 16.5 Å². The summed E-state index contributed by atoms with van der Waals surface area (Å²) in [4.78, 5) is 0.194. The van der Waals surface area contributed by atoms with Gasteiger partial charge in [0.1, 0.15) is 0 Å². The fraction of sp³-hybridized carbons (Fsp3) is 0.333. The average molecular weight is 373 g/mol. The monoisotopic (exact) mass is 370 g/mol. The highest BCUT2D eigenvalue weighted by molar-refractivity contribution is 9.12. The van der Waals surface area contributed by atoms with Crippen molar-refractivity contribution in [3.63, 3.8) is 0 Å². The van der Waals surface area contributed by atoms with Crippen LogP contribution in [0.1, 0.15) is 10.4 Å². The normalized spacial score (nSPS) is 15.4. The van der Waals surface area contributed by atoms with Crippen LogP contribution in [0, 0.1) is 0 Å². The van der Waals surface area contributed by atoms with Crippen molar-refractivity contribution in [2.24, 2.45) is 0 Å². The lowest BCUT2D eigenvalue weighted by Crippen LogP contribution is -2.10. The van der Waals surface area contributed by atoms with Gasteiger partial charge in [-0.15, -0.1) is 0 Å². The van der Waals surface area contributed by atoms with Crippen LogP contribution < -0.4 is 0 Å². The van der Waals surface area contributed by atoms with E-state index in [1.54, 1.807) is 0 Å². The molecule has 2 atom stereocenters. The fourth-order valence-corrected chi connectivity index (χ4v) is 1.99. The first-order valence-electron chi connectivity index (χ1n) is 3.79. The highest BCUT2D eigenvalue weighted by Gasteiger charge is 2.16. The second-order valence-corrected chi connectivity index (χ2v) is 5.73. The summed E-state index contributed by atoms with van der Waals surface area (Å²) in [5, 5.41) is 8.93. The van der Waals surface area contributed by atoms with Gasteiger partial charge in [0.15, 0.2) is 0 Å². The first-order chi connectivity index (χ1) is 6.15. The minimum atomic E-state index is 0.0497. The molecule has 0 aliphatic carbocycles. The minimum Gasteiger partial charge on any atom is -0.395 e. The lowest BCUT2D eigenvalue weighted by atomic mass is 10.1. The molecule has 0 saturated heterocycles. The molecule has 13 heavy (non-hydrogen) atoms. The molecule has 0 aromatic heterocycles. The molecule has 1 nitrogen and oxygen atoms in total. The quantitative estimate of drug-likeness (QED) is 0.803. The van der Waals surface area contributed by atoms with Crippen molar-refractivity contribution in [3.8, 4) is 0 Å². The number of hydrogen-bond acceptors (Lipinski definition) is 1. The van der Waals surface area contributed by atoms with Crippen molar-refractivity contribution < 1.29 is 5.11 Å². The van der Waals surface area contributed by atoms with E-state index in [9.17, 15) is 0 Å². The highest BCUT2D eigenvalue weighted by Crippen LogP contribution is 2.31. The molecule has 0 bridgehead atoms. The number of halogens is 3. The van der Waals surface area contributed by atoms with Crippen molar-refractivity contribution in [1.29, 1.82) is 0 Å². The maximum absolute atomic E-state index is 8.93. The van der Waals surface area contributed by atoms with Crippen LogP contribution in [-0.2, 0) is 0 Å². The zero-order valence-corrected chi connectivity index (χ0v) is 11.5. The molecule has 0 unspecified atom stereocenters. The van der Waals surface area contributed by atoms with Gasteiger partial charge in [0.25, 0.3) is 0 Å². The van der Waals surface area contributed by atoms with Crippen molar-refractivity contribution >= 4 is 47.8 Å². The summed E-state index contributed by atoms with van der Waals surface area (Å²) in [6.45, 7) is 0.117. The first kappa shape index (κ1) is 11.7. The van der Waals surface area contributed by atoms with E-state index in [0.717, 1.165) is 10.0 Å². The molecule has 1 N–H and O–H groups in total. The standard InChI is InChI=1S/C9H9Br3O/c10-7-3-1-6(2-4-7)9(12)8(11)5-13/h1-4,8-9,13H,5H2/t8-,9+/m1/s1. The molecule has 1 rings (SSSR count). The Kier molecular flexibility index (Phi) is 4.94. The number of hydrogen-bond donors (Lipinski definition) is 1. The largest absolute Gasteiger partial charge is 0.395 e. The van der Waals surface area contributed by atoms with E-state index in [-0.39, 0.29) is 16.3 Å². The van der Waals surface area contributed by atoms with E-state index in [2.05, 4.69) is 47.8 Å². The van der Waals surface area contributed by atoms with Crippen LogP contribution >= 0.6 is 47.8 Å². The summed E-state index contributed by atoms with van der Waals surface area (Å²) in [7, 11) is 0. The second-order valence-electron chi connectivity index (χ2n) is 2.65. The lowest BCUT2D eigenvalue weighted by Gasteiger charge is -2.14. The van der Waals surface area contributed by atoms with Gasteiger partial charge < -0.3 is 5.11 Å². The van der Waals surface area contributed by atoms with Gasteiger partial charge in [-0.25, -0.2) is 0 Å². The van der Waals surface area contributed by atoms with Crippen LogP contribution in [0.25, 0.3) is 0 Å². The Morgan fingerprint density at radius 2 is 1.69 bits per heavy atom. The van der Waals surface area contributed by atoms with Crippen LogP contribution in [0.3, 0.4) is 0 Å². The molecular weight excluding hydrogens is 364 g/mol. The van der Waals surface area contributed by atoms with Crippen LogP contribution in [0.15, 0.2) is 28.7 Å². The Labute approximate surface area is 103 Å². The molecule has 0 saturated carbocycles. The minimum absolute atomic E-state index is 0.0497. The van der Waals surface area contributed by atoms with Gasteiger partial charge in [-0.3, -0.25) is 0 Å². The van der Waals surface area contributed by atoms with E-state index >= 15 is 0 Å². The van der Waals surface area contributed by atoms with Gasteiger partial charge in [-0.1, -0.05) is 59.9 Å². The zero-order chi connectivity index (χ0) is 9.84. The summed E-state index contributed by atoms with van der Waals surface area (Å²) in [6.07, 6.45) is 0. The molecular formula is C9H9Br3O. The Morgan fingerprint density at radius 1 is 1.15 bits per heavy atom. The van der Waals surface area contributed by atoms with Crippen molar-refractivity contribution in [1.82, 2.24) is 0 Å². The van der Waals surface area contributed by atoms with Crippen molar-refractivity contribution in [2.75, 3.05) is 6.61 Å². The third-order valence-corrected chi connectivity index (χ3v) is 4.90. The third kappa shape index (κ3) is 3.35. The molecule has 0 aliphatic rings. The average Bonchev–Trinajstić information content (AvgIpc) is 2.17. The lowest BCUT2D eigenvalue weighted by molar-refractivity contribution is 0.296. The van der Waals surface area contributed by atoms with Crippen LogP contribution in [0.5, 0.6) is 0 Å². The van der Waals surface area contributed by atoms with Gasteiger partial charge in [0.2, 0.25) is 0 Å². The molecule has 0 spiro atoms.